The molecule has 0 rings (SSSR count). The molecule has 0 aromatic heterocycles. The van der Waals surface area contributed by atoms with Gasteiger partial charge in [0.25, 0.3) is 0 Å². The van der Waals surface area contributed by atoms with Crippen LogP contribution in [0.25, 0.3) is 0 Å². The number of carbonyl (C=O) groups excluding carboxylic acids is 1. The molecule has 0 aliphatic carbocycles. The van der Waals surface area contributed by atoms with Gasteiger partial charge in [0.05, 0.1) is 0 Å². The summed E-state index contributed by atoms with van der Waals surface area (Å²) in [6, 6.07) is -0.214. The number of hydrogen-bond acceptors (Lipinski definition) is 2. The number of carbonyl (C=O) groups is 2. The summed E-state index contributed by atoms with van der Waals surface area (Å²) >= 11 is 0. The lowest BCUT2D eigenvalue weighted by Gasteiger charge is -2.23. The molecule has 0 aliphatic heterocycles. The number of nitrogens with one attached hydrogen (secondary N) is 2. The molecule has 19 heavy (non-hydrogen) atoms. The Hall–Kier alpha value is -1.26. The number of hydrogen-bond donors (Lipinski definition) is 3. The van der Waals surface area contributed by atoms with Gasteiger partial charge in [-0.2, -0.15) is 0 Å². The third-order valence-corrected chi connectivity index (χ3v) is 2.74. The molecule has 0 aromatic rings. The van der Waals surface area contributed by atoms with Crippen LogP contribution in [0.3, 0.4) is 0 Å². The zero-order chi connectivity index (χ0) is 14.9. The third kappa shape index (κ3) is 13.0. The number of carboxylic acid groups (broad SMARTS) is 1. The molecule has 3 N–H and O–H groups in total. The van der Waals surface area contributed by atoms with Gasteiger partial charge in [0.15, 0.2) is 0 Å². The van der Waals surface area contributed by atoms with Gasteiger partial charge in [-0.3, -0.25) is 4.79 Å². The molecule has 0 saturated carbocycles. The predicted octanol–water partition coefficient (Wildman–Crippen LogP) is 2.61. The maximum absolute atomic E-state index is 11.4. The summed E-state index contributed by atoms with van der Waals surface area (Å²) in [7, 11) is 0. The summed E-state index contributed by atoms with van der Waals surface area (Å²) in [6.07, 6.45) is 2.64. The van der Waals surface area contributed by atoms with Crippen LogP contribution in [-0.4, -0.2) is 30.2 Å². The van der Waals surface area contributed by atoms with Gasteiger partial charge in [-0.25, -0.2) is 4.79 Å². The van der Waals surface area contributed by atoms with Gasteiger partial charge in [0.1, 0.15) is 0 Å². The number of carboxylic acids is 1. The molecule has 1 unspecified atom stereocenters. The standard InChI is InChI=1S/C14H28N2O3/c1-11(10-14(2,3)4)7-9-16-13(19)15-8-5-6-12(17)18/h11H,5-10H2,1-4H3,(H,17,18)(H2,15,16,19). The van der Waals surface area contributed by atoms with Gasteiger partial charge in [-0.05, 0) is 30.6 Å². The van der Waals surface area contributed by atoms with Crippen molar-refractivity contribution in [1.82, 2.24) is 10.6 Å². The number of aliphatic carboxylic acids is 1. The fourth-order valence-corrected chi connectivity index (χ4v) is 2.08. The van der Waals surface area contributed by atoms with Gasteiger partial charge in [0.2, 0.25) is 0 Å². The normalized spacial score (nSPS) is 12.8. The van der Waals surface area contributed by atoms with Crippen molar-refractivity contribution < 1.29 is 14.7 Å². The van der Waals surface area contributed by atoms with E-state index in [-0.39, 0.29) is 12.5 Å². The quantitative estimate of drug-likeness (QED) is 0.594. The van der Waals surface area contributed by atoms with Crippen LogP contribution in [0.5, 0.6) is 0 Å². The van der Waals surface area contributed by atoms with Crippen molar-refractivity contribution in [2.45, 2.75) is 53.4 Å². The highest BCUT2D eigenvalue weighted by Crippen LogP contribution is 2.25. The molecule has 0 aliphatic rings. The third-order valence-electron chi connectivity index (χ3n) is 2.74. The second kappa shape index (κ2) is 8.77. The van der Waals surface area contributed by atoms with Crippen LogP contribution in [0.2, 0.25) is 0 Å². The van der Waals surface area contributed by atoms with E-state index in [4.69, 9.17) is 5.11 Å². The molecule has 5 nitrogen and oxygen atoms in total. The monoisotopic (exact) mass is 272 g/mol. The Morgan fingerprint density at radius 2 is 1.74 bits per heavy atom. The molecule has 0 aromatic carbocycles. The summed E-state index contributed by atoms with van der Waals surface area (Å²) < 4.78 is 0. The number of urea groups is 1. The minimum absolute atomic E-state index is 0.0862. The van der Waals surface area contributed by atoms with E-state index in [1.54, 1.807) is 0 Å². The van der Waals surface area contributed by atoms with E-state index in [9.17, 15) is 9.59 Å². The van der Waals surface area contributed by atoms with Crippen molar-refractivity contribution in [3.05, 3.63) is 0 Å². The van der Waals surface area contributed by atoms with Crippen molar-refractivity contribution in [2.24, 2.45) is 11.3 Å². The second-order valence-corrected chi connectivity index (χ2v) is 6.34. The fourth-order valence-electron chi connectivity index (χ4n) is 2.08. The Morgan fingerprint density at radius 1 is 1.16 bits per heavy atom. The van der Waals surface area contributed by atoms with Crippen LogP contribution >= 0.6 is 0 Å². The first kappa shape index (κ1) is 17.7. The molecule has 1 atom stereocenters. The van der Waals surface area contributed by atoms with E-state index in [0.717, 1.165) is 12.8 Å². The minimum Gasteiger partial charge on any atom is -0.481 e. The van der Waals surface area contributed by atoms with Crippen LogP contribution < -0.4 is 10.6 Å². The van der Waals surface area contributed by atoms with Gasteiger partial charge >= 0.3 is 12.0 Å². The highest BCUT2D eigenvalue weighted by atomic mass is 16.4. The highest BCUT2D eigenvalue weighted by molar-refractivity contribution is 5.73. The van der Waals surface area contributed by atoms with Gasteiger partial charge in [-0.15, -0.1) is 0 Å². The summed E-state index contributed by atoms with van der Waals surface area (Å²) in [4.78, 5) is 21.7. The van der Waals surface area contributed by atoms with Gasteiger partial charge < -0.3 is 15.7 Å². The first-order valence-corrected chi connectivity index (χ1v) is 6.94. The Bertz CT molecular complexity index is 285. The Kier molecular flexibility index (Phi) is 8.19. The van der Waals surface area contributed by atoms with Gasteiger partial charge in [-0.1, -0.05) is 27.7 Å². The molecular weight excluding hydrogens is 244 g/mol. The molecule has 0 fully saturated rings. The zero-order valence-electron chi connectivity index (χ0n) is 12.6. The lowest BCUT2D eigenvalue weighted by atomic mass is 9.84. The highest BCUT2D eigenvalue weighted by Gasteiger charge is 2.15. The van der Waals surface area contributed by atoms with Crippen LogP contribution in [0.1, 0.15) is 53.4 Å². The van der Waals surface area contributed by atoms with E-state index in [2.05, 4.69) is 38.3 Å². The van der Waals surface area contributed by atoms with Crippen LogP contribution in [0.4, 0.5) is 4.79 Å². The summed E-state index contributed by atoms with van der Waals surface area (Å²) in [6.45, 7) is 9.89. The van der Waals surface area contributed by atoms with Crippen molar-refractivity contribution in [3.8, 4) is 0 Å². The maximum atomic E-state index is 11.4. The average molecular weight is 272 g/mol. The SMILES string of the molecule is CC(CCNC(=O)NCCCC(=O)O)CC(C)(C)C. The van der Waals surface area contributed by atoms with Crippen molar-refractivity contribution in [1.29, 1.82) is 0 Å². The lowest BCUT2D eigenvalue weighted by molar-refractivity contribution is -0.137. The van der Waals surface area contributed by atoms with E-state index in [1.165, 1.54) is 0 Å². The first-order chi connectivity index (χ1) is 8.70. The number of amides is 2. The van der Waals surface area contributed by atoms with Crippen LogP contribution in [-0.2, 0) is 4.79 Å². The van der Waals surface area contributed by atoms with Gasteiger partial charge in [0, 0.05) is 19.5 Å². The molecule has 0 saturated heterocycles. The lowest BCUT2D eigenvalue weighted by Crippen LogP contribution is -2.37. The Labute approximate surface area is 116 Å². The Morgan fingerprint density at radius 3 is 2.26 bits per heavy atom. The zero-order valence-corrected chi connectivity index (χ0v) is 12.6. The molecule has 0 bridgehead atoms. The van der Waals surface area contributed by atoms with E-state index < -0.39 is 5.97 Å². The fraction of sp³-hybridized carbons (Fsp3) is 0.857. The van der Waals surface area contributed by atoms with E-state index in [0.29, 0.717) is 30.8 Å². The smallest absolute Gasteiger partial charge is 0.314 e. The van der Waals surface area contributed by atoms with Crippen molar-refractivity contribution in [2.75, 3.05) is 13.1 Å². The van der Waals surface area contributed by atoms with Crippen molar-refractivity contribution in [3.63, 3.8) is 0 Å². The van der Waals surface area contributed by atoms with Crippen LogP contribution in [0.15, 0.2) is 0 Å². The van der Waals surface area contributed by atoms with Crippen molar-refractivity contribution >= 4 is 12.0 Å². The number of rotatable bonds is 8. The molecule has 2 amide bonds. The molecule has 0 heterocycles. The summed E-state index contributed by atoms with van der Waals surface area (Å²) in [5, 5.41) is 13.9. The molecule has 0 spiro atoms. The molecule has 5 heteroatoms. The molecule has 0 radical (unpaired) electrons. The molecule has 112 valence electrons. The second-order valence-electron chi connectivity index (χ2n) is 6.34. The summed E-state index contributed by atoms with van der Waals surface area (Å²) in [5.74, 6) is -0.259. The van der Waals surface area contributed by atoms with E-state index >= 15 is 0 Å². The maximum Gasteiger partial charge on any atom is 0.314 e. The minimum atomic E-state index is -0.835. The van der Waals surface area contributed by atoms with Crippen LogP contribution in [0, 0.1) is 11.3 Å². The Balaban J connectivity index is 3.55. The predicted molar refractivity (Wildman–Crippen MR) is 76.1 cm³/mol. The van der Waals surface area contributed by atoms with E-state index in [1.807, 2.05) is 0 Å². The summed E-state index contributed by atoms with van der Waals surface area (Å²) in [5.41, 5.74) is 0.318. The topological polar surface area (TPSA) is 78.4 Å². The largest absolute Gasteiger partial charge is 0.481 e. The average Bonchev–Trinajstić information content (AvgIpc) is 2.21. The first-order valence-electron chi connectivity index (χ1n) is 6.94. The molecular formula is C14H28N2O3.